The van der Waals surface area contributed by atoms with Crippen molar-refractivity contribution in [2.45, 2.75) is 64.0 Å². The summed E-state index contributed by atoms with van der Waals surface area (Å²) >= 11 is 0. The van der Waals surface area contributed by atoms with Gasteiger partial charge in [0.2, 0.25) is 5.41 Å². The van der Waals surface area contributed by atoms with E-state index in [0.29, 0.717) is 18.5 Å². The number of carbonyl (C=O) groups is 2. The summed E-state index contributed by atoms with van der Waals surface area (Å²) in [5.74, 6) is -1.87. The zero-order valence-corrected chi connectivity index (χ0v) is 14.9. The monoisotopic (exact) mass is 333 g/mol. The first-order valence-electron chi connectivity index (χ1n) is 8.45. The van der Waals surface area contributed by atoms with E-state index in [1.807, 2.05) is 13.0 Å². The van der Waals surface area contributed by atoms with E-state index in [1.165, 1.54) is 0 Å². The molecule has 0 aromatic heterocycles. The van der Waals surface area contributed by atoms with Crippen LogP contribution in [0.15, 0.2) is 24.3 Å². The number of aryl methyl sites for hydroxylation is 1. The minimum absolute atomic E-state index is 0.476. The van der Waals surface area contributed by atoms with Gasteiger partial charge in [-0.15, -0.1) is 0 Å². The Bertz CT molecular complexity index is 614. The van der Waals surface area contributed by atoms with Crippen LogP contribution in [0, 0.1) is 6.92 Å². The quantitative estimate of drug-likeness (QED) is 0.654. The molecular formula is C19H27NO4. The number of benzene rings is 1. The first-order chi connectivity index (χ1) is 11.2. The third kappa shape index (κ3) is 3.61. The van der Waals surface area contributed by atoms with Gasteiger partial charge in [-0.1, -0.05) is 36.2 Å². The molecular weight excluding hydrogens is 306 g/mol. The molecule has 24 heavy (non-hydrogen) atoms. The molecule has 5 heteroatoms. The van der Waals surface area contributed by atoms with Crippen molar-refractivity contribution in [3.63, 3.8) is 0 Å². The molecule has 1 aromatic carbocycles. The molecule has 0 bridgehead atoms. The molecule has 1 saturated heterocycles. The Hall–Kier alpha value is -1.88. The van der Waals surface area contributed by atoms with Crippen molar-refractivity contribution in [3.05, 3.63) is 35.4 Å². The summed E-state index contributed by atoms with van der Waals surface area (Å²) in [5.41, 5.74) is -1.10. The van der Waals surface area contributed by atoms with Crippen LogP contribution < -0.4 is 5.32 Å². The SMILES string of the molecule is Cc1cccc(C(C(=O)O)(C(=O)OC(C)(C)C)C2CCCCN2)c1. The maximum atomic E-state index is 13.1. The first-order valence-corrected chi connectivity index (χ1v) is 8.45. The fraction of sp³-hybridized carbons (Fsp3) is 0.579. The Labute approximate surface area is 143 Å². The third-order valence-corrected chi connectivity index (χ3v) is 4.36. The molecule has 0 radical (unpaired) electrons. The highest BCUT2D eigenvalue weighted by molar-refractivity contribution is 6.06. The summed E-state index contributed by atoms with van der Waals surface area (Å²) in [5, 5.41) is 13.4. The van der Waals surface area contributed by atoms with Gasteiger partial charge in [-0.05, 0) is 52.6 Å². The topological polar surface area (TPSA) is 75.6 Å². The molecule has 1 aliphatic heterocycles. The number of carbonyl (C=O) groups excluding carboxylic acids is 1. The minimum Gasteiger partial charge on any atom is -0.480 e. The van der Waals surface area contributed by atoms with Crippen LogP contribution in [0.5, 0.6) is 0 Å². The summed E-state index contributed by atoms with van der Waals surface area (Å²) in [4.78, 5) is 25.5. The Morgan fingerprint density at radius 1 is 1.25 bits per heavy atom. The van der Waals surface area contributed by atoms with Crippen LogP contribution in [0.1, 0.15) is 51.2 Å². The van der Waals surface area contributed by atoms with Crippen molar-refractivity contribution in [2.75, 3.05) is 6.54 Å². The van der Waals surface area contributed by atoms with E-state index < -0.39 is 29.0 Å². The second kappa shape index (κ2) is 6.93. The van der Waals surface area contributed by atoms with Crippen molar-refractivity contribution < 1.29 is 19.4 Å². The number of esters is 1. The van der Waals surface area contributed by atoms with Gasteiger partial charge in [0, 0.05) is 6.04 Å². The Balaban J connectivity index is 2.60. The van der Waals surface area contributed by atoms with Crippen molar-refractivity contribution in [3.8, 4) is 0 Å². The average Bonchev–Trinajstić information content (AvgIpc) is 2.47. The molecule has 1 heterocycles. The number of ether oxygens (including phenoxy) is 1. The molecule has 2 atom stereocenters. The maximum Gasteiger partial charge on any atom is 0.330 e. The van der Waals surface area contributed by atoms with Gasteiger partial charge in [-0.2, -0.15) is 0 Å². The van der Waals surface area contributed by atoms with Crippen LogP contribution in [0.4, 0.5) is 0 Å². The predicted molar refractivity (Wildman–Crippen MR) is 92.0 cm³/mol. The maximum absolute atomic E-state index is 13.1. The van der Waals surface area contributed by atoms with Crippen molar-refractivity contribution >= 4 is 11.9 Å². The van der Waals surface area contributed by atoms with Crippen LogP contribution >= 0.6 is 0 Å². The molecule has 1 fully saturated rings. The molecule has 132 valence electrons. The fourth-order valence-corrected chi connectivity index (χ4v) is 3.29. The lowest BCUT2D eigenvalue weighted by atomic mass is 9.71. The van der Waals surface area contributed by atoms with Crippen molar-refractivity contribution in [2.24, 2.45) is 0 Å². The van der Waals surface area contributed by atoms with Crippen LogP contribution in [-0.4, -0.2) is 35.2 Å². The number of carboxylic acid groups (broad SMARTS) is 1. The van der Waals surface area contributed by atoms with E-state index in [-0.39, 0.29) is 0 Å². The molecule has 1 aliphatic rings. The molecule has 0 spiro atoms. The number of carboxylic acids is 1. The van der Waals surface area contributed by atoms with Gasteiger partial charge < -0.3 is 15.2 Å². The molecule has 2 N–H and O–H groups in total. The molecule has 0 saturated carbocycles. The minimum atomic E-state index is -1.74. The number of aliphatic carboxylic acids is 1. The highest BCUT2D eigenvalue weighted by Crippen LogP contribution is 2.36. The molecule has 0 amide bonds. The summed E-state index contributed by atoms with van der Waals surface area (Å²) in [6, 6.07) is 6.67. The number of nitrogens with one attached hydrogen (secondary N) is 1. The fourth-order valence-electron chi connectivity index (χ4n) is 3.29. The number of hydrogen-bond donors (Lipinski definition) is 2. The van der Waals surface area contributed by atoms with Crippen LogP contribution in [0.25, 0.3) is 0 Å². The predicted octanol–water partition coefficient (Wildman–Crippen LogP) is 2.80. The lowest BCUT2D eigenvalue weighted by Gasteiger charge is -2.39. The Kier molecular flexibility index (Phi) is 5.33. The molecule has 2 unspecified atom stereocenters. The standard InChI is InChI=1S/C19H27NO4/c1-13-8-7-9-14(12-13)19(16(21)22,15-10-5-6-11-20-15)17(23)24-18(2,3)4/h7-9,12,15,20H,5-6,10-11H2,1-4H3,(H,21,22). The normalized spacial score (nSPS) is 20.9. The molecule has 1 aromatic rings. The zero-order valence-electron chi connectivity index (χ0n) is 14.9. The third-order valence-electron chi connectivity index (χ3n) is 4.36. The number of hydrogen-bond acceptors (Lipinski definition) is 4. The average molecular weight is 333 g/mol. The summed E-state index contributed by atoms with van der Waals surface area (Å²) < 4.78 is 5.55. The molecule has 0 aliphatic carbocycles. The van der Waals surface area contributed by atoms with E-state index in [4.69, 9.17) is 4.74 Å². The lowest BCUT2D eigenvalue weighted by Crippen LogP contribution is -2.61. The van der Waals surface area contributed by atoms with Gasteiger partial charge in [0.15, 0.2) is 0 Å². The van der Waals surface area contributed by atoms with Gasteiger partial charge in [0.1, 0.15) is 5.60 Å². The van der Waals surface area contributed by atoms with E-state index in [0.717, 1.165) is 18.4 Å². The first kappa shape index (κ1) is 18.5. The van der Waals surface area contributed by atoms with Gasteiger partial charge in [0.05, 0.1) is 0 Å². The Morgan fingerprint density at radius 2 is 1.96 bits per heavy atom. The van der Waals surface area contributed by atoms with Crippen molar-refractivity contribution in [1.82, 2.24) is 5.32 Å². The second-order valence-corrected chi connectivity index (χ2v) is 7.49. The van der Waals surface area contributed by atoms with E-state index >= 15 is 0 Å². The Morgan fingerprint density at radius 3 is 2.46 bits per heavy atom. The van der Waals surface area contributed by atoms with Gasteiger partial charge in [-0.3, -0.25) is 9.59 Å². The zero-order chi connectivity index (χ0) is 18.0. The smallest absolute Gasteiger partial charge is 0.330 e. The summed E-state index contributed by atoms with van der Waals surface area (Å²) in [6.45, 7) is 7.85. The highest BCUT2D eigenvalue weighted by atomic mass is 16.6. The van der Waals surface area contributed by atoms with E-state index in [2.05, 4.69) is 5.32 Å². The van der Waals surface area contributed by atoms with E-state index in [9.17, 15) is 14.7 Å². The number of rotatable bonds is 4. The van der Waals surface area contributed by atoms with Gasteiger partial charge >= 0.3 is 11.9 Å². The number of piperidine rings is 1. The van der Waals surface area contributed by atoms with E-state index in [1.54, 1.807) is 39.0 Å². The second-order valence-electron chi connectivity index (χ2n) is 7.49. The van der Waals surface area contributed by atoms with Gasteiger partial charge in [-0.25, -0.2) is 0 Å². The van der Waals surface area contributed by atoms with Crippen molar-refractivity contribution in [1.29, 1.82) is 0 Å². The molecule has 2 rings (SSSR count). The summed E-state index contributed by atoms with van der Waals surface area (Å²) in [6.07, 6.45) is 2.50. The largest absolute Gasteiger partial charge is 0.480 e. The molecule has 5 nitrogen and oxygen atoms in total. The van der Waals surface area contributed by atoms with Crippen LogP contribution in [-0.2, 0) is 19.7 Å². The summed E-state index contributed by atoms with van der Waals surface area (Å²) in [7, 11) is 0. The highest BCUT2D eigenvalue weighted by Gasteiger charge is 2.56. The lowest BCUT2D eigenvalue weighted by molar-refractivity contribution is -0.172. The van der Waals surface area contributed by atoms with Gasteiger partial charge in [0.25, 0.3) is 0 Å². The van der Waals surface area contributed by atoms with Crippen LogP contribution in [0.3, 0.4) is 0 Å². The van der Waals surface area contributed by atoms with Crippen LogP contribution in [0.2, 0.25) is 0 Å².